The number of aromatic nitrogens is 2. The molecule has 1 aromatic carbocycles. The molecule has 0 radical (unpaired) electrons. The van der Waals surface area contributed by atoms with Crippen molar-refractivity contribution in [3.63, 3.8) is 0 Å². The third kappa shape index (κ3) is 5.30. The second-order valence-electron chi connectivity index (χ2n) is 10.6. The van der Waals surface area contributed by atoms with Gasteiger partial charge in [0.25, 0.3) is 15.9 Å². The zero-order valence-corrected chi connectivity index (χ0v) is 24.0. The molecule has 2 N–H and O–H groups in total. The van der Waals surface area contributed by atoms with Crippen molar-refractivity contribution in [2.45, 2.75) is 43.4 Å². The predicted octanol–water partition coefficient (Wildman–Crippen LogP) is 1.32. The summed E-state index contributed by atoms with van der Waals surface area (Å²) in [5, 5.41) is 14.5. The lowest BCUT2D eigenvalue weighted by atomic mass is 10.1. The Morgan fingerprint density at radius 3 is 2.73 bits per heavy atom. The average molecular weight is 607 g/mol. The van der Waals surface area contributed by atoms with Gasteiger partial charge >= 0.3 is 5.91 Å². The molecule has 2 atom stereocenters. The molecule has 0 saturated carbocycles. The number of carbonyl (C=O) groups excluding carboxylic acids is 2. The molecule has 3 aliphatic rings. The Hall–Kier alpha value is -3.17. The summed E-state index contributed by atoms with van der Waals surface area (Å²) in [6, 6.07) is 5.42. The Morgan fingerprint density at radius 1 is 1.17 bits per heavy atom. The highest BCUT2D eigenvalue weighted by molar-refractivity contribution is 7.89. The highest BCUT2D eigenvalue weighted by Gasteiger charge is 2.41. The summed E-state index contributed by atoms with van der Waals surface area (Å²) in [7, 11) is -4.21. The smallest absolute Gasteiger partial charge is 0.310 e. The first-order chi connectivity index (χ1) is 19.6. The van der Waals surface area contributed by atoms with Gasteiger partial charge in [-0.3, -0.25) is 9.59 Å². The van der Waals surface area contributed by atoms with Crippen LogP contribution in [-0.4, -0.2) is 107 Å². The van der Waals surface area contributed by atoms with Gasteiger partial charge < -0.3 is 29.5 Å². The zero-order chi connectivity index (χ0) is 28.9. The van der Waals surface area contributed by atoms with Crippen molar-refractivity contribution in [3.05, 3.63) is 46.6 Å². The normalized spacial score (nSPS) is 22.2. The molecule has 6 rings (SSSR count). The average Bonchev–Trinajstić information content (AvgIpc) is 3.53. The highest BCUT2D eigenvalue weighted by Crippen LogP contribution is 2.29. The van der Waals surface area contributed by atoms with Crippen LogP contribution in [0.15, 0.2) is 33.7 Å². The topological polar surface area (TPSA) is 150 Å². The van der Waals surface area contributed by atoms with E-state index in [1.54, 1.807) is 17.0 Å². The van der Waals surface area contributed by atoms with Gasteiger partial charge in [-0.05, 0) is 31.2 Å². The summed E-state index contributed by atoms with van der Waals surface area (Å²) < 4.78 is 40.5. The maximum Gasteiger partial charge on any atom is 0.310 e. The van der Waals surface area contributed by atoms with Gasteiger partial charge in [-0.1, -0.05) is 11.6 Å². The number of oxazole rings is 1. The fourth-order valence-electron chi connectivity index (χ4n) is 5.62. The van der Waals surface area contributed by atoms with Crippen LogP contribution >= 0.6 is 11.6 Å². The molecule has 220 valence electrons. The number of morpholine rings is 1. The van der Waals surface area contributed by atoms with Crippen LogP contribution in [0.5, 0.6) is 0 Å². The number of piperazine rings is 1. The van der Waals surface area contributed by atoms with Crippen LogP contribution in [0.4, 0.5) is 0 Å². The molecule has 5 heterocycles. The summed E-state index contributed by atoms with van der Waals surface area (Å²) >= 11 is 6.06. The number of carbonyl (C=O) groups is 2. The molecule has 0 bridgehead atoms. The van der Waals surface area contributed by atoms with E-state index >= 15 is 0 Å². The monoisotopic (exact) mass is 606 g/mol. The number of fused-ring (bicyclic) bond motifs is 2. The number of hydrogen-bond acceptors (Lipinski definition) is 9. The van der Waals surface area contributed by atoms with Crippen LogP contribution in [0.2, 0.25) is 5.02 Å². The second kappa shape index (κ2) is 10.9. The summed E-state index contributed by atoms with van der Waals surface area (Å²) in [5.41, 5.74) is 1.01. The maximum absolute atomic E-state index is 13.8. The number of hydrogen-bond donors (Lipinski definition) is 2. The first kappa shape index (κ1) is 28.0. The van der Waals surface area contributed by atoms with E-state index in [0.29, 0.717) is 60.2 Å². The molecule has 13 nitrogen and oxygen atoms in total. The van der Waals surface area contributed by atoms with Crippen molar-refractivity contribution in [1.29, 1.82) is 0 Å². The molecule has 15 heteroatoms. The zero-order valence-electron chi connectivity index (χ0n) is 22.5. The summed E-state index contributed by atoms with van der Waals surface area (Å²) in [5.74, 6) is -0.163. The predicted molar refractivity (Wildman–Crippen MR) is 146 cm³/mol. The number of amides is 2. The van der Waals surface area contributed by atoms with Crippen molar-refractivity contribution < 1.29 is 32.4 Å². The van der Waals surface area contributed by atoms with E-state index in [1.165, 1.54) is 21.3 Å². The van der Waals surface area contributed by atoms with Crippen molar-refractivity contribution in [2.24, 2.45) is 0 Å². The van der Waals surface area contributed by atoms with Gasteiger partial charge in [0.1, 0.15) is 5.76 Å². The minimum Gasteiger partial charge on any atom is -0.436 e. The quantitative estimate of drug-likeness (QED) is 0.410. The van der Waals surface area contributed by atoms with Gasteiger partial charge in [-0.25, -0.2) is 13.4 Å². The fourth-order valence-corrected chi connectivity index (χ4v) is 7.35. The van der Waals surface area contributed by atoms with E-state index in [2.05, 4.69) is 10.3 Å². The van der Waals surface area contributed by atoms with E-state index in [4.69, 9.17) is 20.8 Å². The van der Waals surface area contributed by atoms with E-state index < -0.39 is 22.0 Å². The molecule has 2 aromatic heterocycles. The lowest BCUT2D eigenvalue weighted by Crippen LogP contribution is -2.58. The minimum absolute atomic E-state index is 0.0122. The van der Waals surface area contributed by atoms with Crippen LogP contribution in [-0.2, 0) is 32.5 Å². The van der Waals surface area contributed by atoms with Gasteiger partial charge in [0, 0.05) is 62.0 Å². The fraction of sp³-hybridized carbons (Fsp3) is 0.500. The lowest BCUT2D eigenvalue weighted by molar-refractivity contribution is -0.136. The van der Waals surface area contributed by atoms with Crippen LogP contribution in [0, 0.1) is 0 Å². The van der Waals surface area contributed by atoms with Crippen molar-refractivity contribution >= 4 is 44.3 Å². The number of halogens is 1. The molecule has 2 fully saturated rings. The molecule has 41 heavy (non-hydrogen) atoms. The molecule has 2 amide bonds. The molecule has 2 saturated heterocycles. The van der Waals surface area contributed by atoms with Crippen LogP contribution in [0.25, 0.3) is 10.9 Å². The standard InChI is InChI=1S/C26H31ClN6O7S/c1-16-10-20-22(14-28-16)40-25(29-20)26(35)32-5-4-31(15-19(32)13-23(34)30-6-8-39-9-7-30)41(37,38)24-12-17-11-18(27)2-3-21(17)33(24)36/h2-3,11-12,16,19,28,36H,4-10,13-15H2,1H3. The molecule has 3 aliphatic heterocycles. The number of rotatable bonds is 5. The van der Waals surface area contributed by atoms with Crippen molar-refractivity contribution in [2.75, 3.05) is 45.9 Å². The Kier molecular flexibility index (Phi) is 7.44. The van der Waals surface area contributed by atoms with E-state index in [1.807, 2.05) is 6.92 Å². The number of nitrogens with zero attached hydrogens (tertiary/aromatic N) is 5. The number of ether oxygens (including phenoxy) is 1. The van der Waals surface area contributed by atoms with Gasteiger partial charge in [0.05, 0.1) is 37.0 Å². The minimum atomic E-state index is -4.21. The Labute approximate surface area is 241 Å². The highest BCUT2D eigenvalue weighted by atomic mass is 35.5. The van der Waals surface area contributed by atoms with Crippen molar-refractivity contribution in [1.82, 2.24) is 29.1 Å². The third-order valence-electron chi connectivity index (χ3n) is 7.86. The van der Waals surface area contributed by atoms with Gasteiger partial charge in [-0.15, -0.1) is 0 Å². The SMILES string of the molecule is CC1Cc2nc(C(=O)N3CCN(S(=O)(=O)c4cc5cc(Cl)ccc5n4O)CC3CC(=O)N3CCOCC3)oc2CN1. The maximum atomic E-state index is 13.8. The van der Waals surface area contributed by atoms with Crippen molar-refractivity contribution in [3.8, 4) is 0 Å². The summed E-state index contributed by atoms with van der Waals surface area (Å²) in [6.07, 6.45) is 0.534. The van der Waals surface area contributed by atoms with E-state index in [0.717, 1.165) is 5.69 Å². The number of nitrogens with one attached hydrogen (secondary N) is 1. The van der Waals surface area contributed by atoms with Gasteiger partial charge in [0.15, 0.2) is 5.03 Å². The molecule has 2 unspecified atom stereocenters. The largest absolute Gasteiger partial charge is 0.436 e. The number of benzene rings is 1. The summed E-state index contributed by atoms with van der Waals surface area (Å²) in [6.45, 7) is 3.98. The molecule has 0 spiro atoms. The molecule has 0 aliphatic carbocycles. The number of sulfonamides is 1. The molecular weight excluding hydrogens is 576 g/mol. The second-order valence-corrected chi connectivity index (χ2v) is 12.9. The first-order valence-corrected chi connectivity index (χ1v) is 15.3. The van der Waals surface area contributed by atoms with Gasteiger partial charge in [-0.2, -0.15) is 9.04 Å². The van der Waals surface area contributed by atoms with Gasteiger partial charge in [0.2, 0.25) is 5.91 Å². The van der Waals surface area contributed by atoms with Crippen LogP contribution in [0.3, 0.4) is 0 Å². The van der Waals surface area contributed by atoms with Crippen LogP contribution in [0.1, 0.15) is 35.5 Å². The Morgan fingerprint density at radius 2 is 1.95 bits per heavy atom. The lowest BCUT2D eigenvalue weighted by Gasteiger charge is -2.40. The van der Waals surface area contributed by atoms with Crippen LogP contribution < -0.4 is 5.32 Å². The third-order valence-corrected chi connectivity index (χ3v) is 9.93. The Bertz CT molecular complexity index is 1600. The Balaban J connectivity index is 1.28. The summed E-state index contributed by atoms with van der Waals surface area (Å²) in [4.78, 5) is 34.5. The molecule has 3 aromatic rings. The van der Waals surface area contributed by atoms with E-state index in [9.17, 15) is 23.2 Å². The van der Waals surface area contributed by atoms with E-state index in [-0.39, 0.29) is 54.4 Å². The first-order valence-electron chi connectivity index (χ1n) is 13.5. The molecular formula is C26H31ClN6O7S.